The van der Waals surface area contributed by atoms with Gasteiger partial charge in [0.25, 0.3) is 5.91 Å². The summed E-state index contributed by atoms with van der Waals surface area (Å²) in [5, 5.41) is 6.10. The smallest absolute Gasteiger partial charge is 0.287 e. The Labute approximate surface area is 167 Å². The molecular formula is C24H19N3O2. The highest BCUT2D eigenvalue weighted by Crippen LogP contribution is 2.28. The van der Waals surface area contributed by atoms with Crippen LogP contribution >= 0.6 is 0 Å². The number of benzene rings is 3. The van der Waals surface area contributed by atoms with Crippen LogP contribution in [0.2, 0.25) is 0 Å². The third-order valence-corrected chi connectivity index (χ3v) is 5.14. The number of aryl methyl sites for hydroxylation is 1. The third-order valence-electron chi connectivity index (χ3n) is 5.14. The lowest BCUT2D eigenvalue weighted by molar-refractivity contribution is 0.0925. The summed E-state index contributed by atoms with van der Waals surface area (Å²) in [7, 11) is 0. The normalized spacial score (nSPS) is 11.2. The monoisotopic (exact) mass is 381 g/mol. The van der Waals surface area contributed by atoms with Gasteiger partial charge in [-0.2, -0.15) is 0 Å². The van der Waals surface area contributed by atoms with E-state index in [2.05, 4.69) is 16.4 Å². The number of amides is 1. The Bertz CT molecular complexity index is 1330. The zero-order valence-corrected chi connectivity index (χ0v) is 15.9. The van der Waals surface area contributed by atoms with E-state index in [0.29, 0.717) is 17.9 Å². The van der Waals surface area contributed by atoms with E-state index in [9.17, 15) is 4.79 Å². The minimum atomic E-state index is -0.222. The largest absolute Gasteiger partial charge is 0.451 e. The van der Waals surface area contributed by atoms with Crippen molar-refractivity contribution in [2.24, 2.45) is 0 Å². The molecule has 0 saturated heterocycles. The summed E-state index contributed by atoms with van der Waals surface area (Å²) >= 11 is 0. The van der Waals surface area contributed by atoms with E-state index in [4.69, 9.17) is 4.42 Å². The number of fused-ring (bicyclic) bond motifs is 3. The van der Waals surface area contributed by atoms with Gasteiger partial charge >= 0.3 is 0 Å². The molecule has 5 nitrogen and oxygen atoms in total. The Hall–Kier alpha value is -3.86. The summed E-state index contributed by atoms with van der Waals surface area (Å²) in [6.45, 7) is 2.39. The Morgan fingerprint density at radius 1 is 1.03 bits per heavy atom. The maximum absolute atomic E-state index is 12.6. The first-order valence-electron chi connectivity index (χ1n) is 9.48. The molecule has 5 heteroatoms. The standard InChI is InChI=1S/C24H19N3O2/c1-16-25-12-13-27(16)19-9-6-17(7-10-19)15-26-24(28)23-14-21-20-5-3-2-4-18(20)8-11-22(21)29-23/h2-14H,15H2,1H3,(H,26,28). The van der Waals surface area contributed by atoms with Crippen LogP contribution in [0.5, 0.6) is 0 Å². The molecule has 3 aromatic carbocycles. The summed E-state index contributed by atoms with van der Waals surface area (Å²) in [5.41, 5.74) is 2.77. The van der Waals surface area contributed by atoms with E-state index < -0.39 is 0 Å². The van der Waals surface area contributed by atoms with Crippen molar-refractivity contribution in [2.75, 3.05) is 0 Å². The number of nitrogens with zero attached hydrogens (tertiary/aromatic N) is 2. The fraction of sp³-hybridized carbons (Fsp3) is 0.0833. The lowest BCUT2D eigenvalue weighted by Gasteiger charge is -2.07. The van der Waals surface area contributed by atoms with Crippen LogP contribution in [0.4, 0.5) is 0 Å². The number of carbonyl (C=O) groups excluding carboxylic acids is 1. The van der Waals surface area contributed by atoms with Crippen LogP contribution in [-0.4, -0.2) is 15.5 Å². The SMILES string of the molecule is Cc1nccn1-c1ccc(CNC(=O)c2cc3c(ccc4ccccc43)o2)cc1. The van der Waals surface area contributed by atoms with Crippen LogP contribution in [0.15, 0.2) is 83.5 Å². The predicted molar refractivity (Wildman–Crippen MR) is 113 cm³/mol. The third kappa shape index (κ3) is 3.17. The quantitative estimate of drug-likeness (QED) is 0.476. The number of rotatable bonds is 4. The van der Waals surface area contributed by atoms with Crippen LogP contribution in [-0.2, 0) is 6.54 Å². The maximum Gasteiger partial charge on any atom is 0.287 e. The van der Waals surface area contributed by atoms with Gasteiger partial charge in [-0.05, 0) is 47.5 Å². The van der Waals surface area contributed by atoms with Gasteiger partial charge in [-0.1, -0.05) is 42.5 Å². The van der Waals surface area contributed by atoms with Crippen LogP contribution in [0.1, 0.15) is 21.9 Å². The molecule has 0 aliphatic heterocycles. The van der Waals surface area contributed by atoms with Crippen molar-refractivity contribution >= 4 is 27.6 Å². The van der Waals surface area contributed by atoms with Crippen LogP contribution in [0.25, 0.3) is 27.4 Å². The van der Waals surface area contributed by atoms with Gasteiger partial charge in [0.2, 0.25) is 0 Å². The number of aromatic nitrogens is 2. The van der Waals surface area contributed by atoms with E-state index in [-0.39, 0.29) is 5.91 Å². The molecule has 0 atom stereocenters. The number of hydrogen-bond acceptors (Lipinski definition) is 3. The summed E-state index contributed by atoms with van der Waals surface area (Å²) in [6.07, 6.45) is 3.71. The summed E-state index contributed by atoms with van der Waals surface area (Å²) in [5.74, 6) is 1.03. The number of furan rings is 1. The summed E-state index contributed by atoms with van der Waals surface area (Å²) in [4.78, 5) is 16.8. The van der Waals surface area contributed by atoms with Gasteiger partial charge in [0, 0.05) is 30.0 Å². The van der Waals surface area contributed by atoms with Gasteiger partial charge in [0.1, 0.15) is 11.4 Å². The molecule has 0 bridgehead atoms. The van der Waals surface area contributed by atoms with Crippen molar-refractivity contribution in [3.63, 3.8) is 0 Å². The van der Waals surface area contributed by atoms with Crippen molar-refractivity contribution in [2.45, 2.75) is 13.5 Å². The molecule has 0 radical (unpaired) electrons. The fourth-order valence-electron chi connectivity index (χ4n) is 3.60. The van der Waals surface area contributed by atoms with Gasteiger partial charge in [-0.15, -0.1) is 0 Å². The molecular weight excluding hydrogens is 362 g/mol. The van der Waals surface area contributed by atoms with Crippen LogP contribution in [0, 0.1) is 6.92 Å². The minimum Gasteiger partial charge on any atom is -0.451 e. The average molecular weight is 381 g/mol. The van der Waals surface area contributed by atoms with Gasteiger partial charge < -0.3 is 14.3 Å². The van der Waals surface area contributed by atoms with Gasteiger partial charge in [0.05, 0.1) is 0 Å². The predicted octanol–water partition coefficient (Wildman–Crippen LogP) is 5.01. The lowest BCUT2D eigenvalue weighted by Crippen LogP contribution is -2.22. The molecule has 0 aliphatic rings. The molecule has 0 spiro atoms. The maximum atomic E-state index is 12.6. The molecule has 0 fully saturated rings. The molecule has 0 aliphatic carbocycles. The van der Waals surface area contributed by atoms with Crippen LogP contribution < -0.4 is 5.32 Å². The molecule has 5 rings (SSSR count). The molecule has 142 valence electrons. The average Bonchev–Trinajstić information content (AvgIpc) is 3.39. The molecule has 0 unspecified atom stereocenters. The Kier molecular flexibility index (Phi) is 4.13. The van der Waals surface area contributed by atoms with Crippen molar-refractivity contribution in [1.82, 2.24) is 14.9 Å². The molecule has 1 N–H and O–H groups in total. The van der Waals surface area contributed by atoms with Gasteiger partial charge in [-0.25, -0.2) is 4.98 Å². The number of nitrogens with one attached hydrogen (secondary N) is 1. The second-order valence-electron chi connectivity index (χ2n) is 7.00. The van der Waals surface area contributed by atoms with Crippen molar-refractivity contribution in [3.05, 3.63) is 96.3 Å². The molecule has 2 heterocycles. The molecule has 29 heavy (non-hydrogen) atoms. The molecule has 1 amide bonds. The molecule has 2 aromatic heterocycles. The van der Waals surface area contributed by atoms with Gasteiger partial charge in [0.15, 0.2) is 5.76 Å². The fourth-order valence-corrected chi connectivity index (χ4v) is 3.60. The number of carbonyl (C=O) groups is 1. The van der Waals surface area contributed by atoms with E-state index in [1.165, 1.54) is 0 Å². The number of hydrogen-bond donors (Lipinski definition) is 1. The highest BCUT2D eigenvalue weighted by Gasteiger charge is 2.13. The topological polar surface area (TPSA) is 60.1 Å². The second-order valence-corrected chi connectivity index (χ2v) is 7.00. The van der Waals surface area contributed by atoms with Gasteiger partial charge in [-0.3, -0.25) is 4.79 Å². The van der Waals surface area contributed by atoms with Crippen molar-refractivity contribution < 1.29 is 9.21 Å². The number of imidazole rings is 1. The van der Waals surface area contributed by atoms with Crippen LogP contribution in [0.3, 0.4) is 0 Å². The van der Waals surface area contributed by atoms with Crippen molar-refractivity contribution in [3.8, 4) is 5.69 Å². The first-order valence-corrected chi connectivity index (χ1v) is 9.48. The zero-order chi connectivity index (χ0) is 19.8. The first kappa shape index (κ1) is 17.3. The highest BCUT2D eigenvalue weighted by atomic mass is 16.3. The lowest BCUT2D eigenvalue weighted by atomic mass is 10.1. The Morgan fingerprint density at radius 2 is 1.86 bits per heavy atom. The second kappa shape index (κ2) is 6.95. The molecule has 0 saturated carbocycles. The molecule has 5 aromatic rings. The summed E-state index contributed by atoms with van der Waals surface area (Å²) in [6, 6.07) is 21.9. The highest BCUT2D eigenvalue weighted by molar-refractivity contribution is 6.08. The first-order chi connectivity index (χ1) is 14.2. The Morgan fingerprint density at radius 3 is 2.66 bits per heavy atom. The van der Waals surface area contributed by atoms with E-state index >= 15 is 0 Å². The minimum absolute atomic E-state index is 0.222. The van der Waals surface area contributed by atoms with E-state index in [1.807, 2.05) is 78.4 Å². The van der Waals surface area contributed by atoms with E-state index in [0.717, 1.165) is 33.2 Å². The van der Waals surface area contributed by atoms with E-state index in [1.54, 1.807) is 6.20 Å². The Balaban J connectivity index is 1.33. The summed E-state index contributed by atoms with van der Waals surface area (Å²) < 4.78 is 7.80. The van der Waals surface area contributed by atoms with Crippen molar-refractivity contribution in [1.29, 1.82) is 0 Å². The zero-order valence-electron chi connectivity index (χ0n) is 15.9.